The highest BCUT2D eigenvalue weighted by Crippen LogP contribution is 2.29. The molecular formula is C15H13F3N2S2. The first kappa shape index (κ1) is 16.8. The van der Waals surface area contributed by atoms with E-state index in [0.717, 1.165) is 34.7 Å². The quantitative estimate of drug-likeness (QED) is 0.713. The van der Waals surface area contributed by atoms with Crippen LogP contribution in [0.25, 0.3) is 6.08 Å². The smallest absolute Gasteiger partial charge is 0.325 e. The van der Waals surface area contributed by atoms with Gasteiger partial charge in [0.05, 0.1) is 11.3 Å². The van der Waals surface area contributed by atoms with E-state index in [1.54, 1.807) is 11.5 Å². The summed E-state index contributed by atoms with van der Waals surface area (Å²) in [4.78, 5) is 0.915. The van der Waals surface area contributed by atoms with Crippen LogP contribution in [0.5, 0.6) is 0 Å². The van der Waals surface area contributed by atoms with E-state index in [9.17, 15) is 13.2 Å². The Labute approximate surface area is 135 Å². The normalized spacial score (nSPS) is 11.8. The van der Waals surface area contributed by atoms with Crippen molar-refractivity contribution in [1.82, 2.24) is 0 Å². The number of rotatable bonds is 5. The molecule has 22 heavy (non-hydrogen) atoms. The molecule has 0 saturated heterocycles. The van der Waals surface area contributed by atoms with Crippen molar-refractivity contribution in [2.24, 2.45) is 5.14 Å². The zero-order chi connectivity index (χ0) is 16.0. The number of alkyl halides is 3. The zero-order valence-electron chi connectivity index (χ0n) is 11.3. The van der Waals surface area contributed by atoms with Crippen molar-refractivity contribution in [2.45, 2.75) is 11.1 Å². The van der Waals surface area contributed by atoms with Crippen LogP contribution >= 0.6 is 23.9 Å². The molecule has 2 aromatic carbocycles. The fourth-order valence-electron chi connectivity index (χ4n) is 1.65. The summed E-state index contributed by atoms with van der Waals surface area (Å²) in [6, 6.07) is 12.6. The molecule has 2 aromatic rings. The fourth-order valence-corrected chi connectivity index (χ4v) is 2.71. The van der Waals surface area contributed by atoms with E-state index in [0.29, 0.717) is 5.56 Å². The maximum atomic E-state index is 12.4. The number of para-hydroxylation sites is 1. The van der Waals surface area contributed by atoms with E-state index < -0.39 is 11.7 Å². The minimum absolute atomic E-state index is 0.649. The van der Waals surface area contributed by atoms with Crippen molar-refractivity contribution < 1.29 is 13.2 Å². The first-order valence-corrected chi connectivity index (χ1v) is 7.98. The molecule has 0 saturated carbocycles. The van der Waals surface area contributed by atoms with E-state index >= 15 is 0 Å². The van der Waals surface area contributed by atoms with Gasteiger partial charge < -0.3 is 4.72 Å². The third-order valence-electron chi connectivity index (χ3n) is 2.75. The Hall–Kier alpha value is -1.57. The van der Waals surface area contributed by atoms with Crippen LogP contribution < -0.4 is 9.86 Å². The second kappa shape index (κ2) is 7.62. The minimum Gasteiger partial charge on any atom is -0.325 e. The molecule has 0 unspecified atom stereocenters. The Bertz CT molecular complexity index is 640. The van der Waals surface area contributed by atoms with E-state index in [2.05, 4.69) is 4.72 Å². The molecule has 116 valence electrons. The molecule has 2 rings (SSSR count). The maximum Gasteiger partial charge on any atom is 0.416 e. The highest BCUT2D eigenvalue weighted by atomic mass is 32.2. The molecule has 7 heteroatoms. The van der Waals surface area contributed by atoms with Crippen molar-refractivity contribution in [3.05, 3.63) is 65.1 Å². The summed E-state index contributed by atoms with van der Waals surface area (Å²) in [6.07, 6.45) is -2.57. The van der Waals surface area contributed by atoms with E-state index in [-0.39, 0.29) is 0 Å². The van der Waals surface area contributed by atoms with Crippen LogP contribution in [0, 0.1) is 0 Å². The van der Waals surface area contributed by atoms with Crippen LogP contribution in [-0.4, -0.2) is 0 Å². The second-order valence-corrected chi connectivity index (χ2v) is 5.64. The van der Waals surface area contributed by atoms with Crippen LogP contribution in [0.4, 0.5) is 18.9 Å². The Balaban J connectivity index is 1.93. The number of hydrogen-bond acceptors (Lipinski definition) is 4. The van der Waals surface area contributed by atoms with Gasteiger partial charge in [0.15, 0.2) is 0 Å². The van der Waals surface area contributed by atoms with E-state index in [4.69, 9.17) is 5.14 Å². The predicted octanol–water partition coefficient (Wildman–Crippen LogP) is 5.40. The van der Waals surface area contributed by atoms with Crippen LogP contribution in [0.1, 0.15) is 11.1 Å². The zero-order valence-corrected chi connectivity index (χ0v) is 12.9. The number of halogens is 3. The molecule has 0 fully saturated rings. The van der Waals surface area contributed by atoms with Crippen LogP contribution in [-0.2, 0) is 6.18 Å². The molecule has 2 nitrogen and oxygen atoms in total. The number of anilines is 1. The molecule has 0 spiro atoms. The van der Waals surface area contributed by atoms with Gasteiger partial charge in [-0.25, -0.2) is 0 Å². The molecule has 0 bridgehead atoms. The standard InChI is InChI=1S/C15H13F3N2S2/c16-15(17,18)12-7-5-11(6-8-12)9-10-21-20-13-3-1-2-4-14(13)22-19/h1-10,20H,19H2/b10-9+. The van der Waals surface area contributed by atoms with Crippen molar-refractivity contribution in [3.63, 3.8) is 0 Å². The molecule has 0 aromatic heterocycles. The van der Waals surface area contributed by atoms with Crippen LogP contribution in [0.15, 0.2) is 58.8 Å². The summed E-state index contributed by atoms with van der Waals surface area (Å²) >= 11 is 2.47. The maximum absolute atomic E-state index is 12.4. The Morgan fingerprint density at radius 1 is 1.00 bits per heavy atom. The van der Waals surface area contributed by atoms with Crippen molar-refractivity contribution in [2.75, 3.05) is 4.72 Å². The lowest BCUT2D eigenvalue weighted by atomic mass is 10.1. The van der Waals surface area contributed by atoms with Gasteiger partial charge in [-0.05, 0) is 65.2 Å². The van der Waals surface area contributed by atoms with Crippen LogP contribution in [0.3, 0.4) is 0 Å². The SMILES string of the molecule is NSc1ccccc1NS/C=C/c1ccc(C(F)(F)F)cc1. The molecular weight excluding hydrogens is 329 g/mol. The predicted molar refractivity (Wildman–Crippen MR) is 88.2 cm³/mol. The third-order valence-corrected chi connectivity index (χ3v) is 3.97. The van der Waals surface area contributed by atoms with Crippen LogP contribution in [0.2, 0.25) is 0 Å². The molecule has 0 amide bonds. The van der Waals surface area contributed by atoms with Gasteiger partial charge in [-0.3, -0.25) is 5.14 Å². The molecule has 0 aliphatic rings. The lowest BCUT2D eigenvalue weighted by molar-refractivity contribution is -0.137. The Kier molecular flexibility index (Phi) is 5.82. The first-order chi connectivity index (χ1) is 10.5. The molecule has 0 atom stereocenters. The highest BCUT2D eigenvalue weighted by Gasteiger charge is 2.29. The average Bonchev–Trinajstić information content (AvgIpc) is 2.51. The largest absolute Gasteiger partial charge is 0.416 e. The molecule has 3 N–H and O–H groups in total. The number of hydrogen-bond donors (Lipinski definition) is 2. The summed E-state index contributed by atoms with van der Waals surface area (Å²) in [7, 11) is 0. The van der Waals surface area contributed by atoms with Gasteiger partial charge in [-0.2, -0.15) is 13.2 Å². The van der Waals surface area contributed by atoms with Crippen molar-refractivity contribution in [3.8, 4) is 0 Å². The fraction of sp³-hybridized carbons (Fsp3) is 0.0667. The average molecular weight is 342 g/mol. The van der Waals surface area contributed by atoms with Gasteiger partial charge in [-0.15, -0.1) is 0 Å². The summed E-state index contributed by atoms with van der Waals surface area (Å²) in [6.45, 7) is 0. The molecule has 0 heterocycles. The monoisotopic (exact) mass is 342 g/mol. The number of nitrogens with one attached hydrogen (secondary N) is 1. The van der Waals surface area contributed by atoms with E-state index in [1.165, 1.54) is 24.1 Å². The van der Waals surface area contributed by atoms with Gasteiger partial charge in [0.25, 0.3) is 0 Å². The summed E-state index contributed by atoms with van der Waals surface area (Å²) in [5, 5.41) is 7.32. The topological polar surface area (TPSA) is 38.0 Å². The van der Waals surface area contributed by atoms with E-state index in [1.807, 2.05) is 24.3 Å². The van der Waals surface area contributed by atoms with Gasteiger partial charge in [0.1, 0.15) is 0 Å². The molecule has 0 aliphatic carbocycles. The first-order valence-electron chi connectivity index (χ1n) is 6.22. The third kappa shape index (κ3) is 4.72. The number of benzene rings is 2. The Morgan fingerprint density at radius 2 is 1.68 bits per heavy atom. The minimum atomic E-state index is -4.30. The lowest BCUT2D eigenvalue weighted by Gasteiger charge is -2.07. The van der Waals surface area contributed by atoms with Gasteiger partial charge >= 0.3 is 6.18 Å². The molecule has 0 radical (unpaired) electrons. The molecule has 0 aliphatic heterocycles. The van der Waals surface area contributed by atoms with Gasteiger partial charge in [0, 0.05) is 4.90 Å². The summed E-state index contributed by atoms with van der Waals surface area (Å²) in [5.41, 5.74) is 0.935. The summed E-state index contributed by atoms with van der Waals surface area (Å²) < 4.78 is 40.4. The van der Waals surface area contributed by atoms with Gasteiger partial charge in [-0.1, -0.05) is 24.3 Å². The van der Waals surface area contributed by atoms with Crippen molar-refractivity contribution in [1.29, 1.82) is 0 Å². The van der Waals surface area contributed by atoms with Gasteiger partial charge in [0.2, 0.25) is 0 Å². The lowest BCUT2D eigenvalue weighted by Crippen LogP contribution is -2.03. The highest BCUT2D eigenvalue weighted by molar-refractivity contribution is 8.03. The number of nitrogens with two attached hydrogens (primary N) is 1. The summed E-state index contributed by atoms with van der Waals surface area (Å²) in [5.74, 6) is 0. The second-order valence-electron chi connectivity index (χ2n) is 4.26. The Morgan fingerprint density at radius 3 is 2.32 bits per heavy atom. The van der Waals surface area contributed by atoms with Crippen molar-refractivity contribution >= 4 is 35.7 Å².